The number of hydrogen-bond donors (Lipinski definition) is 0. The third kappa shape index (κ3) is 4.29. The number of piperazine rings is 1. The van der Waals surface area contributed by atoms with E-state index in [9.17, 15) is 23.3 Å². The first-order valence-electron chi connectivity index (χ1n) is 8.53. The van der Waals surface area contributed by atoms with Crippen molar-refractivity contribution in [2.45, 2.75) is 11.8 Å². The van der Waals surface area contributed by atoms with Crippen LogP contribution in [0.2, 0.25) is 0 Å². The minimum atomic E-state index is -3.87. The van der Waals surface area contributed by atoms with Crippen molar-refractivity contribution >= 4 is 39.0 Å². The highest BCUT2D eigenvalue weighted by Crippen LogP contribution is 2.25. The maximum absolute atomic E-state index is 12.9. The number of hydrogen-bond acceptors (Lipinski definition) is 6. The number of benzene rings is 1. The lowest BCUT2D eigenvalue weighted by Gasteiger charge is -2.33. The molecule has 0 bridgehead atoms. The SMILES string of the molecule is Cc1ccc([N+](=O)[O-])cc1S(=O)(=O)N1CCN(C(=O)C=Cc2ccsc2)CC1. The van der Waals surface area contributed by atoms with Crippen molar-refractivity contribution < 1.29 is 18.1 Å². The van der Waals surface area contributed by atoms with Gasteiger partial charge in [0, 0.05) is 44.4 Å². The number of amides is 1. The fourth-order valence-electron chi connectivity index (χ4n) is 2.91. The zero-order chi connectivity index (χ0) is 20.3. The summed E-state index contributed by atoms with van der Waals surface area (Å²) >= 11 is 1.54. The van der Waals surface area contributed by atoms with Crippen molar-refractivity contribution in [3.8, 4) is 0 Å². The van der Waals surface area contributed by atoms with E-state index in [1.807, 2.05) is 16.8 Å². The number of aryl methyl sites for hydroxylation is 1. The third-order valence-corrected chi connectivity index (χ3v) is 7.25. The minimum Gasteiger partial charge on any atom is -0.337 e. The fourth-order valence-corrected chi connectivity index (χ4v) is 5.21. The van der Waals surface area contributed by atoms with Crippen LogP contribution in [0.1, 0.15) is 11.1 Å². The van der Waals surface area contributed by atoms with Crippen LogP contribution in [-0.2, 0) is 14.8 Å². The second-order valence-electron chi connectivity index (χ2n) is 6.33. The van der Waals surface area contributed by atoms with Gasteiger partial charge < -0.3 is 4.90 Å². The van der Waals surface area contributed by atoms with Crippen molar-refractivity contribution in [3.05, 3.63) is 62.3 Å². The number of nitro groups is 1. The van der Waals surface area contributed by atoms with Gasteiger partial charge in [0.05, 0.1) is 9.82 Å². The molecule has 28 heavy (non-hydrogen) atoms. The van der Waals surface area contributed by atoms with Gasteiger partial charge in [-0.1, -0.05) is 6.07 Å². The summed E-state index contributed by atoms with van der Waals surface area (Å²) in [5.74, 6) is -0.172. The topological polar surface area (TPSA) is 101 Å². The first-order chi connectivity index (χ1) is 13.3. The van der Waals surface area contributed by atoms with Gasteiger partial charge in [0.2, 0.25) is 15.9 Å². The first kappa shape index (κ1) is 20.2. The van der Waals surface area contributed by atoms with E-state index in [2.05, 4.69) is 0 Å². The monoisotopic (exact) mass is 421 g/mol. The number of non-ortho nitro benzene ring substituents is 1. The number of sulfonamides is 1. The lowest BCUT2D eigenvalue weighted by Crippen LogP contribution is -2.50. The van der Waals surface area contributed by atoms with Gasteiger partial charge in [0.25, 0.3) is 5.69 Å². The van der Waals surface area contributed by atoms with Gasteiger partial charge >= 0.3 is 0 Å². The molecule has 1 aromatic heterocycles. The van der Waals surface area contributed by atoms with E-state index in [1.165, 1.54) is 33.9 Å². The second-order valence-corrected chi connectivity index (χ2v) is 9.01. The van der Waals surface area contributed by atoms with Crippen LogP contribution < -0.4 is 0 Å². The van der Waals surface area contributed by atoms with Gasteiger partial charge in [-0.25, -0.2) is 8.42 Å². The zero-order valence-corrected chi connectivity index (χ0v) is 16.8. The summed E-state index contributed by atoms with van der Waals surface area (Å²) in [5.41, 5.74) is 1.13. The summed E-state index contributed by atoms with van der Waals surface area (Å²) in [6.45, 7) is 2.41. The summed E-state index contributed by atoms with van der Waals surface area (Å²) in [5, 5.41) is 14.8. The van der Waals surface area contributed by atoms with Crippen molar-refractivity contribution in [3.63, 3.8) is 0 Å². The normalized spacial score (nSPS) is 15.8. The molecule has 2 heterocycles. The summed E-state index contributed by atoms with van der Waals surface area (Å²) in [6, 6.07) is 5.71. The van der Waals surface area contributed by atoms with Crippen molar-refractivity contribution in [2.24, 2.45) is 0 Å². The Hall–Kier alpha value is -2.56. The highest BCUT2D eigenvalue weighted by molar-refractivity contribution is 7.89. The molecular formula is C18H19N3O5S2. The summed E-state index contributed by atoms with van der Waals surface area (Å²) in [4.78, 5) is 24.2. The number of carbonyl (C=O) groups excluding carboxylic acids is 1. The molecular weight excluding hydrogens is 402 g/mol. The average molecular weight is 422 g/mol. The predicted octanol–water partition coefficient (Wildman–Crippen LogP) is 2.51. The molecule has 10 heteroatoms. The van der Waals surface area contributed by atoms with Gasteiger partial charge in [-0.3, -0.25) is 14.9 Å². The van der Waals surface area contributed by atoms with Gasteiger partial charge in [-0.15, -0.1) is 0 Å². The Labute approximate surface area is 166 Å². The summed E-state index contributed by atoms with van der Waals surface area (Å²) < 4.78 is 27.1. The molecule has 148 valence electrons. The number of carbonyl (C=O) groups is 1. The van der Waals surface area contributed by atoms with Crippen LogP contribution in [0, 0.1) is 17.0 Å². The molecule has 0 N–H and O–H groups in total. The molecule has 0 radical (unpaired) electrons. The van der Waals surface area contributed by atoms with Gasteiger partial charge in [0.1, 0.15) is 0 Å². The molecule has 1 aromatic carbocycles. The number of nitrogens with zero attached hydrogens (tertiary/aromatic N) is 3. The zero-order valence-electron chi connectivity index (χ0n) is 15.1. The van der Waals surface area contributed by atoms with E-state index in [0.29, 0.717) is 5.56 Å². The molecule has 1 amide bonds. The van der Waals surface area contributed by atoms with E-state index in [-0.39, 0.29) is 42.7 Å². The summed E-state index contributed by atoms with van der Waals surface area (Å²) in [6.07, 6.45) is 3.21. The predicted molar refractivity (Wildman–Crippen MR) is 107 cm³/mol. The molecule has 2 aromatic rings. The molecule has 3 rings (SSSR count). The highest BCUT2D eigenvalue weighted by Gasteiger charge is 2.31. The van der Waals surface area contributed by atoms with Gasteiger partial charge in [-0.05, 0) is 41.0 Å². The maximum Gasteiger partial charge on any atom is 0.270 e. The molecule has 1 fully saturated rings. The summed E-state index contributed by atoms with van der Waals surface area (Å²) in [7, 11) is -3.87. The number of nitro benzene ring substituents is 1. The molecule has 0 saturated carbocycles. The van der Waals surface area contributed by atoms with E-state index in [4.69, 9.17) is 0 Å². The number of thiophene rings is 1. The molecule has 0 atom stereocenters. The molecule has 1 aliphatic heterocycles. The standard InChI is InChI=1S/C18H19N3O5S2/c1-14-2-4-16(21(23)24)12-17(14)28(25,26)20-9-7-19(8-10-20)18(22)5-3-15-6-11-27-13-15/h2-6,11-13H,7-10H2,1H3. The Balaban J connectivity index is 1.69. The lowest BCUT2D eigenvalue weighted by molar-refractivity contribution is -0.385. The largest absolute Gasteiger partial charge is 0.337 e. The first-order valence-corrected chi connectivity index (χ1v) is 10.9. The highest BCUT2D eigenvalue weighted by atomic mass is 32.2. The Bertz CT molecular complexity index is 1010. The fraction of sp³-hybridized carbons (Fsp3) is 0.278. The van der Waals surface area contributed by atoms with Gasteiger partial charge in [0.15, 0.2) is 0 Å². The minimum absolute atomic E-state index is 0.0705. The van der Waals surface area contributed by atoms with E-state index in [0.717, 1.165) is 11.6 Å². The van der Waals surface area contributed by atoms with Crippen LogP contribution >= 0.6 is 11.3 Å². The second kappa shape index (κ2) is 8.21. The van der Waals surface area contributed by atoms with Crippen molar-refractivity contribution in [1.82, 2.24) is 9.21 Å². The van der Waals surface area contributed by atoms with Crippen LogP contribution in [0.4, 0.5) is 5.69 Å². The van der Waals surface area contributed by atoms with Crippen LogP contribution in [0.5, 0.6) is 0 Å². The lowest BCUT2D eigenvalue weighted by atomic mass is 10.2. The Morgan fingerprint density at radius 1 is 1.21 bits per heavy atom. The molecule has 0 spiro atoms. The molecule has 1 saturated heterocycles. The van der Waals surface area contributed by atoms with Crippen LogP contribution in [-0.4, -0.2) is 54.6 Å². The average Bonchev–Trinajstić information content (AvgIpc) is 3.20. The van der Waals surface area contributed by atoms with E-state index < -0.39 is 14.9 Å². The Kier molecular flexibility index (Phi) is 5.92. The number of rotatable bonds is 5. The molecule has 8 nitrogen and oxygen atoms in total. The molecule has 0 aliphatic carbocycles. The van der Waals surface area contributed by atoms with Crippen LogP contribution in [0.3, 0.4) is 0 Å². The third-order valence-electron chi connectivity index (χ3n) is 4.51. The van der Waals surface area contributed by atoms with E-state index >= 15 is 0 Å². The Morgan fingerprint density at radius 2 is 1.93 bits per heavy atom. The molecule has 1 aliphatic rings. The molecule has 0 unspecified atom stereocenters. The Morgan fingerprint density at radius 3 is 2.54 bits per heavy atom. The van der Waals surface area contributed by atoms with Gasteiger partial charge in [-0.2, -0.15) is 15.6 Å². The smallest absolute Gasteiger partial charge is 0.270 e. The van der Waals surface area contributed by atoms with Crippen molar-refractivity contribution in [2.75, 3.05) is 26.2 Å². The van der Waals surface area contributed by atoms with Crippen LogP contribution in [0.15, 0.2) is 46.0 Å². The van der Waals surface area contributed by atoms with E-state index in [1.54, 1.807) is 17.9 Å². The van der Waals surface area contributed by atoms with Crippen LogP contribution in [0.25, 0.3) is 6.08 Å². The quantitative estimate of drug-likeness (QED) is 0.419. The van der Waals surface area contributed by atoms with Crippen molar-refractivity contribution in [1.29, 1.82) is 0 Å². The maximum atomic E-state index is 12.9.